The Labute approximate surface area is 127 Å². The Hall–Kier alpha value is -1.33. The molecule has 0 bridgehead atoms. The summed E-state index contributed by atoms with van der Waals surface area (Å²) in [4.78, 5) is 0. The van der Waals surface area contributed by atoms with E-state index >= 15 is 0 Å². The van der Waals surface area contributed by atoms with E-state index in [1.54, 1.807) is 0 Å². The molecule has 1 aliphatic rings. The lowest BCUT2D eigenvalue weighted by molar-refractivity contribution is 0.376. The first-order chi connectivity index (χ1) is 9.74. The third-order valence-electron chi connectivity index (χ3n) is 3.80. The Balaban J connectivity index is 1.57. The number of benzene rings is 1. The van der Waals surface area contributed by atoms with E-state index in [1.165, 1.54) is 5.56 Å². The molecule has 0 amide bonds. The van der Waals surface area contributed by atoms with E-state index in [-0.39, 0.29) is 0 Å². The van der Waals surface area contributed by atoms with Gasteiger partial charge in [-0.3, -0.25) is 0 Å². The number of hydrogen-bond acceptors (Lipinski definition) is 3. The molecule has 2 heterocycles. The van der Waals surface area contributed by atoms with Crippen molar-refractivity contribution in [3.63, 3.8) is 0 Å². The first kappa shape index (κ1) is 13.6. The molecular formula is C15H19BrN4. The molecule has 0 spiro atoms. The van der Waals surface area contributed by atoms with Gasteiger partial charge in [-0.2, -0.15) is 5.10 Å². The van der Waals surface area contributed by atoms with Crippen LogP contribution in [-0.4, -0.2) is 22.9 Å². The summed E-state index contributed by atoms with van der Waals surface area (Å²) in [6.07, 6.45) is 1.85. The van der Waals surface area contributed by atoms with Crippen molar-refractivity contribution in [2.75, 3.05) is 18.4 Å². The lowest BCUT2D eigenvalue weighted by Crippen LogP contribution is -2.36. The van der Waals surface area contributed by atoms with Crippen LogP contribution in [0.25, 0.3) is 0 Å². The Morgan fingerprint density at radius 3 is 3.15 bits per heavy atom. The summed E-state index contributed by atoms with van der Waals surface area (Å²) >= 11 is 3.61. The zero-order valence-electron chi connectivity index (χ0n) is 11.5. The quantitative estimate of drug-likeness (QED) is 0.902. The summed E-state index contributed by atoms with van der Waals surface area (Å²) in [5.41, 5.74) is 1.30. The van der Waals surface area contributed by atoms with Crippen molar-refractivity contribution in [2.24, 2.45) is 5.92 Å². The summed E-state index contributed by atoms with van der Waals surface area (Å²) in [6.45, 7) is 5.16. The zero-order chi connectivity index (χ0) is 13.9. The van der Waals surface area contributed by atoms with Gasteiger partial charge in [0.25, 0.3) is 0 Å². The summed E-state index contributed by atoms with van der Waals surface area (Å²) < 4.78 is 3.20. The second-order valence-corrected chi connectivity index (χ2v) is 6.15. The monoisotopic (exact) mass is 334 g/mol. The number of aromatic nitrogens is 2. The zero-order valence-corrected chi connectivity index (χ0v) is 13.1. The summed E-state index contributed by atoms with van der Waals surface area (Å²) in [6, 6.07) is 10.7. The molecule has 2 N–H and O–H groups in total. The smallest absolute Gasteiger partial charge is 0.124 e. The summed E-state index contributed by atoms with van der Waals surface area (Å²) in [5, 5.41) is 11.4. The van der Waals surface area contributed by atoms with Gasteiger partial charge in [0, 0.05) is 42.1 Å². The van der Waals surface area contributed by atoms with Crippen molar-refractivity contribution in [3.05, 3.63) is 46.6 Å². The van der Waals surface area contributed by atoms with Gasteiger partial charge in [0.2, 0.25) is 0 Å². The van der Waals surface area contributed by atoms with E-state index < -0.39 is 0 Å². The Kier molecular flexibility index (Phi) is 4.08. The van der Waals surface area contributed by atoms with E-state index in [4.69, 9.17) is 0 Å². The molecule has 0 aliphatic carbocycles. The fourth-order valence-corrected chi connectivity index (χ4v) is 3.23. The Morgan fingerprint density at radius 2 is 2.30 bits per heavy atom. The predicted molar refractivity (Wildman–Crippen MR) is 84.8 cm³/mol. The predicted octanol–water partition coefficient (Wildman–Crippen LogP) is 3.04. The van der Waals surface area contributed by atoms with Gasteiger partial charge >= 0.3 is 0 Å². The molecule has 3 rings (SSSR count). The standard InChI is InChI=1S/C15H19BrN4/c1-11(13-4-2-3-5-14(13)16)17-8-12-9-18-15-6-7-19-20(15)10-12/h2-7,11-12,17-18H,8-10H2,1H3. The highest BCUT2D eigenvalue weighted by Gasteiger charge is 2.19. The SMILES string of the molecule is CC(NCC1CNc2ccnn2C1)c1ccccc1Br. The minimum absolute atomic E-state index is 0.338. The second kappa shape index (κ2) is 5.97. The van der Waals surface area contributed by atoms with Crippen LogP contribution in [0.3, 0.4) is 0 Å². The van der Waals surface area contributed by atoms with Crippen LogP contribution in [0.2, 0.25) is 0 Å². The van der Waals surface area contributed by atoms with Crippen LogP contribution in [0.5, 0.6) is 0 Å². The van der Waals surface area contributed by atoms with Crippen LogP contribution in [0.4, 0.5) is 5.82 Å². The summed E-state index contributed by atoms with van der Waals surface area (Å²) in [7, 11) is 0. The van der Waals surface area contributed by atoms with Crippen molar-refractivity contribution in [3.8, 4) is 0 Å². The van der Waals surface area contributed by atoms with Crippen molar-refractivity contribution in [1.29, 1.82) is 0 Å². The number of anilines is 1. The maximum Gasteiger partial charge on any atom is 0.124 e. The van der Waals surface area contributed by atoms with Crippen LogP contribution in [0, 0.1) is 5.92 Å². The fraction of sp³-hybridized carbons (Fsp3) is 0.400. The maximum absolute atomic E-state index is 4.33. The van der Waals surface area contributed by atoms with Crippen LogP contribution in [0.1, 0.15) is 18.5 Å². The topological polar surface area (TPSA) is 41.9 Å². The second-order valence-electron chi connectivity index (χ2n) is 5.30. The summed E-state index contributed by atoms with van der Waals surface area (Å²) in [5.74, 6) is 1.69. The van der Waals surface area contributed by atoms with Gasteiger partial charge in [-0.15, -0.1) is 0 Å². The van der Waals surface area contributed by atoms with Gasteiger partial charge in [0.05, 0.1) is 6.20 Å². The van der Waals surface area contributed by atoms with Crippen molar-refractivity contribution < 1.29 is 0 Å². The average molecular weight is 335 g/mol. The lowest BCUT2D eigenvalue weighted by Gasteiger charge is -2.26. The first-order valence-electron chi connectivity index (χ1n) is 6.97. The molecule has 2 unspecified atom stereocenters. The van der Waals surface area contributed by atoms with E-state index in [0.29, 0.717) is 12.0 Å². The van der Waals surface area contributed by atoms with Crippen LogP contribution in [0.15, 0.2) is 41.0 Å². The van der Waals surface area contributed by atoms with Gasteiger partial charge in [-0.1, -0.05) is 34.1 Å². The first-order valence-corrected chi connectivity index (χ1v) is 7.77. The van der Waals surface area contributed by atoms with Gasteiger partial charge in [0.1, 0.15) is 5.82 Å². The molecule has 2 aromatic rings. The van der Waals surface area contributed by atoms with Gasteiger partial charge < -0.3 is 10.6 Å². The highest BCUT2D eigenvalue weighted by molar-refractivity contribution is 9.10. The maximum atomic E-state index is 4.33. The number of halogens is 1. The minimum Gasteiger partial charge on any atom is -0.370 e. The molecule has 0 fully saturated rings. The van der Waals surface area contributed by atoms with Crippen molar-refractivity contribution >= 4 is 21.7 Å². The average Bonchev–Trinajstić information content (AvgIpc) is 2.92. The fourth-order valence-electron chi connectivity index (χ4n) is 2.60. The van der Waals surface area contributed by atoms with Gasteiger partial charge in [-0.05, 0) is 18.6 Å². The molecular weight excluding hydrogens is 316 g/mol. The van der Waals surface area contributed by atoms with Crippen LogP contribution >= 0.6 is 15.9 Å². The molecule has 5 heteroatoms. The Morgan fingerprint density at radius 1 is 1.45 bits per heavy atom. The van der Waals surface area contributed by atoms with E-state index in [0.717, 1.165) is 29.9 Å². The Bertz CT molecular complexity index is 581. The van der Waals surface area contributed by atoms with E-state index in [2.05, 4.69) is 56.8 Å². The molecule has 1 aromatic carbocycles. The van der Waals surface area contributed by atoms with E-state index in [9.17, 15) is 0 Å². The molecule has 106 valence electrons. The number of rotatable bonds is 4. The van der Waals surface area contributed by atoms with E-state index in [1.807, 2.05) is 23.0 Å². The third kappa shape index (κ3) is 2.88. The molecule has 1 aliphatic heterocycles. The van der Waals surface area contributed by atoms with Crippen LogP contribution < -0.4 is 10.6 Å². The molecule has 0 saturated heterocycles. The molecule has 4 nitrogen and oxygen atoms in total. The van der Waals surface area contributed by atoms with Crippen LogP contribution in [-0.2, 0) is 6.54 Å². The minimum atomic E-state index is 0.338. The molecule has 20 heavy (non-hydrogen) atoms. The number of hydrogen-bond donors (Lipinski definition) is 2. The molecule has 2 atom stereocenters. The number of fused-ring (bicyclic) bond motifs is 1. The lowest BCUT2D eigenvalue weighted by atomic mass is 10.1. The molecule has 1 aromatic heterocycles. The number of nitrogens with zero attached hydrogens (tertiary/aromatic N) is 2. The molecule has 0 saturated carbocycles. The normalized spacial score (nSPS) is 19.2. The molecule has 0 radical (unpaired) electrons. The number of nitrogens with one attached hydrogen (secondary N) is 2. The highest BCUT2D eigenvalue weighted by Crippen LogP contribution is 2.23. The van der Waals surface area contributed by atoms with Crippen molar-refractivity contribution in [1.82, 2.24) is 15.1 Å². The van der Waals surface area contributed by atoms with Gasteiger partial charge in [0.15, 0.2) is 0 Å². The van der Waals surface area contributed by atoms with Gasteiger partial charge in [-0.25, -0.2) is 4.68 Å². The largest absolute Gasteiger partial charge is 0.370 e. The van der Waals surface area contributed by atoms with Crippen molar-refractivity contribution in [2.45, 2.75) is 19.5 Å². The third-order valence-corrected chi connectivity index (χ3v) is 4.53. The highest BCUT2D eigenvalue weighted by atomic mass is 79.9.